The Kier molecular flexibility index (Phi) is 5.89. The summed E-state index contributed by atoms with van der Waals surface area (Å²) in [5.41, 5.74) is 5.89. The second-order valence-corrected chi connectivity index (χ2v) is 13.3. The minimum atomic E-state index is -1.41. The SMILES string of the molecule is C[Si](C)(C)C=C1CCN(Cc2ccccc2)[C@@H](Cc2ccccc2)C1=O. The first-order chi connectivity index (χ1) is 12.4. The summed E-state index contributed by atoms with van der Waals surface area (Å²) < 4.78 is 0. The first kappa shape index (κ1) is 18.8. The minimum Gasteiger partial charge on any atom is -0.293 e. The number of Topliss-reactive ketones (excluding diaryl/α,β-unsaturated/α-hetero) is 1. The summed E-state index contributed by atoms with van der Waals surface area (Å²) >= 11 is 0. The molecule has 1 fully saturated rings. The zero-order valence-electron chi connectivity index (χ0n) is 16.1. The van der Waals surface area contributed by atoms with Crippen LogP contribution in [0.4, 0.5) is 0 Å². The van der Waals surface area contributed by atoms with Gasteiger partial charge < -0.3 is 0 Å². The van der Waals surface area contributed by atoms with E-state index in [1.165, 1.54) is 11.1 Å². The maximum Gasteiger partial charge on any atom is 0.175 e. The first-order valence-electron chi connectivity index (χ1n) is 9.50. The van der Waals surface area contributed by atoms with Crippen molar-refractivity contribution in [3.05, 3.63) is 83.1 Å². The number of carbonyl (C=O) groups excluding carboxylic acids is 1. The topological polar surface area (TPSA) is 20.3 Å². The van der Waals surface area contributed by atoms with Gasteiger partial charge in [-0.05, 0) is 29.5 Å². The molecule has 0 amide bonds. The van der Waals surface area contributed by atoms with Crippen LogP contribution in [0.5, 0.6) is 0 Å². The molecule has 0 aliphatic carbocycles. The van der Waals surface area contributed by atoms with Crippen LogP contribution in [0.1, 0.15) is 17.5 Å². The highest BCUT2D eigenvalue weighted by molar-refractivity contribution is 6.81. The molecule has 0 saturated carbocycles. The van der Waals surface area contributed by atoms with Gasteiger partial charge in [-0.1, -0.05) is 86.0 Å². The Morgan fingerprint density at radius 2 is 1.54 bits per heavy atom. The van der Waals surface area contributed by atoms with Gasteiger partial charge in [0.25, 0.3) is 0 Å². The van der Waals surface area contributed by atoms with Crippen molar-refractivity contribution in [2.75, 3.05) is 6.54 Å². The molecule has 0 radical (unpaired) electrons. The van der Waals surface area contributed by atoms with E-state index in [0.717, 1.165) is 31.5 Å². The van der Waals surface area contributed by atoms with Crippen LogP contribution in [-0.4, -0.2) is 31.3 Å². The molecule has 26 heavy (non-hydrogen) atoms. The first-order valence-corrected chi connectivity index (χ1v) is 13.1. The molecule has 0 N–H and O–H groups in total. The predicted molar refractivity (Wildman–Crippen MR) is 112 cm³/mol. The monoisotopic (exact) mass is 363 g/mol. The van der Waals surface area contributed by atoms with Gasteiger partial charge in [-0.2, -0.15) is 0 Å². The number of likely N-dealkylation sites (tertiary alicyclic amines) is 1. The number of hydrogen-bond donors (Lipinski definition) is 0. The van der Waals surface area contributed by atoms with E-state index in [9.17, 15) is 4.79 Å². The molecule has 0 spiro atoms. The van der Waals surface area contributed by atoms with E-state index in [2.05, 4.69) is 78.8 Å². The van der Waals surface area contributed by atoms with Gasteiger partial charge in [-0.25, -0.2) is 0 Å². The number of benzene rings is 2. The summed E-state index contributed by atoms with van der Waals surface area (Å²) in [7, 11) is -1.41. The fraction of sp³-hybridized carbons (Fsp3) is 0.348. The zero-order valence-corrected chi connectivity index (χ0v) is 17.1. The third kappa shape index (κ3) is 5.02. The Hall–Kier alpha value is -1.97. The van der Waals surface area contributed by atoms with Gasteiger partial charge in [0, 0.05) is 13.1 Å². The Labute approximate surface area is 158 Å². The van der Waals surface area contributed by atoms with Crippen molar-refractivity contribution >= 4 is 13.9 Å². The smallest absolute Gasteiger partial charge is 0.175 e. The third-order valence-corrected chi connectivity index (χ3v) is 6.05. The lowest BCUT2D eigenvalue weighted by Gasteiger charge is -2.36. The van der Waals surface area contributed by atoms with Gasteiger partial charge in [0.15, 0.2) is 5.78 Å². The Morgan fingerprint density at radius 1 is 0.962 bits per heavy atom. The maximum atomic E-state index is 13.3. The van der Waals surface area contributed by atoms with Crippen molar-refractivity contribution < 1.29 is 4.79 Å². The second-order valence-electron chi connectivity index (χ2n) is 8.31. The van der Waals surface area contributed by atoms with Crippen LogP contribution in [0.15, 0.2) is 71.9 Å². The Bertz CT molecular complexity index is 762. The minimum absolute atomic E-state index is 0.0612. The van der Waals surface area contributed by atoms with Crippen molar-refractivity contribution in [1.29, 1.82) is 0 Å². The van der Waals surface area contributed by atoms with Crippen LogP contribution in [0, 0.1) is 0 Å². The number of hydrogen-bond acceptors (Lipinski definition) is 2. The van der Waals surface area contributed by atoms with E-state index in [1.54, 1.807) is 0 Å². The van der Waals surface area contributed by atoms with E-state index in [4.69, 9.17) is 0 Å². The van der Waals surface area contributed by atoms with E-state index in [1.807, 2.05) is 12.1 Å². The van der Waals surface area contributed by atoms with Gasteiger partial charge in [-0.3, -0.25) is 9.69 Å². The van der Waals surface area contributed by atoms with Crippen molar-refractivity contribution in [2.24, 2.45) is 0 Å². The van der Waals surface area contributed by atoms with Crippen molar-refractivity contribution in [2.45, 2.75) is 45.1 Å². The van der Waals surface area contributed by atoms with E-state index in [-0.39, 0.29) is 6.04 Å². The highest BCUT2D eigenvalue weighted by atomic mass is 28.3. The van der Waals surface area contributed by atoms with Crippen LogP contribution in [0.25, 0.3) is 0 Å². The molecule has 0 bridgehead atoms. The number of carbonyl (C=O) groups is 1. The summed E-state index contributed by atoms with van der Waals surface area (Å²) in [6.07, 6.45) is 1.66. The summed E-state index contributed by atoms with van der Waals surface area (Å²) in [5.74, 6) is 0.332. The van der Waals surface area contributed by atoms with Crippen molar-refractivity contribution in [3.8, 4) is 0 Å². The molecule has 2 aromatic carbocycles. The lowest BCUT2D eigenvalue weighted by molar-refractivity contribution is -0.122. The van der Waals surface area contributed by atoms with Gasteiger partial charge in [-0.15, -0.1) is 0 Å². The molecule has 3 rings (SSSR count). The Morgan fingerprint density at radius 3 is 2.12 bits per heavy atom. The standard InChI is InChI=1S/C23H29NOSi/c1-26(2,3)18-21-14-15-24(17-20-12-8-5-9-13-20)22(23(21)25)16-19-10-6-4-7-11-19/h4-13,18,22H,14-17H2,1-3H3/t22-/m0/s1. The number of piperidine rings is 1. The van der Waals surface area contributed by atoms with Crippen LogP contribution in [-0.2, 0) is 17.8 Å². The predicted octanol–water partition coefficient (Wildman–Crippen LogP) is 4.88. The molecular formula is C23H29NOSi. The lowest BCUT2D eigenvalue weighted by atomic mass is 9.91. The van der Waals surface area contributed by atoms with Gasteiger partial charge in [0.1, 0.15) is 0 Å². The summed E-state index contributed by atoms with van der Waals surface area (Å²) in [5, 5.41) is 0. The Balaban J connectivity index is 1.86. The molecule has 0 aromatic heterocycles. The molecule has 1 heterocycles. The van der Waals surface area contributed by atoms with Gasteiger partial charge in [0.05, 0.1) is 14.1 Å². The number of ketones is 1. The fourth-order valence-corrected chi connectivity index (χ4v) is 4.99. The van der Waals surface area contributed by atoms with Crippen LogP contribution in [0.2, 0.25) is 19.6 Å². The summed E-state index contributed by atoms with van der Waals surface area (Å²) in [4.78, 5) is 15.7. The van der Waals surface area contributed by atoms with E-state index < -0.39 is 8.07 Å². The molecule has 0 unspecified atom stereocenters. The van der Waals surface area contributed by atoms with Gasteiger partial charge >= 0.3 is 0 Å². The van der Waals surface area contributed by atoms with E-state index in [0.29, 0.717) is 5.78 Å². The lowest BCUT2D eigenvalue weighted by Crippen LogP contribution is -2.48. The molecular weight excluding hydrogens is 334 g/mol. The molecule has 2 nitrogen and oxygen atoms in total. The maximum absolute atomic E-state index is 13.3. The van der Waals surface area contributed by atoms with Crippen molar-refractivity contribution in [3.63, 3.8) is 0 Å². The highest BCUT2D eigenvalue weighted by Crippen LogP contribution is 2.25. The van der Waals surface area contributed by atoms with Gasteiger partial charge in [0.2, 0.25) is 0 Å². The normalized spacial score (nSPS) is 20.5. The van der Waals surface area contributed by atoms with Crippen molar-refractivity contribution in [1.82, 2.24) is 4.90 Å². The summed E-state index contributed by atoms with van der Waals surface area (Å²) in [6, 6.07) is 20.8. The molecule has 1 atom stereocenters. The third-order valence-electron chi connectivity index (χ3n) is 4.84. The molecule has 1 saturated heterocycles. The van der Waals surface area contributed by atoms with Crippen LogP contribution in [0.3, 0.4) is 0 Å². The van der Waals surface area contributed by atoms with E-state index >= 15 is 0 Å². The zero-order chi connectivity index (χ0) is 18.6. The molecule has 1 aliphatic rings. The quantitative estimate of drug-likeness (QED) is 0.557. The van der Waals surface area contributed by atoms with Crippen LogP contribution >= 0.6 is 0 Å². The second kappa shape index (κ2) is 8.15. The van der Waals surface area contributed by atoms with Crippen LogP contribution < -0.4 is 0 Å². The molecule has 136 valence electrons. The fourth-order valence-electron chi connectivity index (χ4n) is 3.66. The highest BCUT2D eigenvalue weighted by Gasteiger charge is 2.33. The molecule has 3 heteroatoms. The largest absolute Gasteiger partial charge is 0.293 e. The summed E-state index contributed by atoms with van der Waals surface area (Å²) in [6.45, 7) is 8.69. The number of rotatable bonds is 5. The molecule has 2 aromatic rings. The number of nitrogens with zero attached hydrogens (tertiary/aromatic N) is 1. The average molecular weight is 364 g/mol. The molecule has 1 aliphatic heterocycles. The average Bonchev–Trinajstić information content (AvgIpc) is 2.61.